The van der Waals surface area contributed by atoms with Gasteiger partial charge in [-0.15, -0.1) is 0 Å². The first-order valence-corrected chi connectivity index (χ1v) is 10.2. The molecule has 2 bridgehead atoms. The maximum Gasteiger partial charge on any atom is 0.236 e. The number of nitrogens with zero attached hydrogens (tertiary/aromatic N) is 2. The van der Waals surface area contributed by atoms with E-state index in [0.717, 1.165) is 25.0 Å². The van der Waals surface area contributed by atoms with Crippen molar-refractivity contribution in [2.75, 3.05) is 5.88 Å². The lowest BCUT2D eigenvalue weighted by atomic mass is 9.62. The van der Waals surface area contributed by atoms with Crippen LogP contribution >= 0.6 is 24.0 Å². The standard InChI is InChI=1S/C18H29N3O2S2/c1-11(2)9-12(3)19-20-16(24)25-10-21-14(22)13-7-8-18(6,15(21)23)17(13,4)5/h11,13H,7-10H2,1-6H3,(H,20,24)/b19-12+/t13-,18-/m1/s1. The molecule has 2 amide bonds. The van der Waals surface area contributed by atoms with E-state index in [9.17, 15) is 9.59 Å². The van der Waals surface area contributed by atoms with Crippen LogP contribution < -0.4 is 5.43 Å². The summed E-state index contributed by atoms with van der Waals surface area (Å²) in [5.74, 6) is 0.592. The molecule has 2 fully saturated rings. The third kappa shape index (κ3) is 3.77. The molecule has 1 N–H and O–H groups in total. The Bertz CT molecular complexity index is 615. The number of amides is 2. The van der Waals surface area contributed by atoms with Crippen molar-refractivity contribution in [3.63, 3.8) is 0 Å². The molecular formula is C18H29N3O2S2. The largest absolute Gasteiger partial charge is 0.274 e. The van der Waals surface area contributed by atoms with E-state index in [1.807, 2.05) is 27.7 Å². The normalized spacial score (nSPS) is 28.7. The second-order valence-electron chi connectivity index (χ2n) is 8.33. The minimum atomic E-state index is -0.465. The van der Waals surface area contributed by atoms with Crippen molar-refractivity contribution in [2.45, 2.75) is 60.8 Å². The zero-order chi connectivity index (χ0) is 19.0. The van der Waals surface area contributed by atoms with E-state index in [2.05, 4.69) is 24.4 Å². The fourth-order valence-corrected chi connectivity index (χ4v) is 4.76. The molecule has 7 heteroatoms. The summed E-state index contributed by atoms with van der Waals surface area (Å²) in [5.41, 5.74) is 3.09. The Morgan fingerprint density at radius 1 is 1.40 bits per heavy atom. The summed E-state index contributed by atoms with van der Waals surface area (Å²) in [6.07, 6.45) is 2.47. The SMILES string of the molecule is C/C(CC(C)C)=N\NC(=S)SCN1C(=O)[C@H]2CC[C@](C)(C1=O)C2(C)C. The topological polar surface area (TPSA) is 61.8 Å². The van der Waals surface area contributed by atoms with Gasteiger partial charge in [-0.2, -0.15) is 5.10 Å². The number of carbonyl (C=O) groups is 2. The lowest BCUT2D eigenvalue weighted by Crippen LogP contribution is -2.58. The van der Waals surface area contributed by atoms with Gasteiger partial charge in [0.05, 0.1) is 11.3 Å². The van der Waals surface area contributed by atoms with Crippen molar-refractivity contribution in [3.8, 4) is 0 Å². The fraction of sp³-hybridized carbons (Fsp3) is 0.778. The van der Waals surface area contributed by atoms with Crippen molar-refractivity contribution in [2.24, 2.45) is 27.8 Å². The monoisotopic (exact) mass is 383 g/mol. The number of piperidine rings is 1. The molecule has 1 saturated carbocycles. The average Bonchev–Trinajstić information content (AvgIpc) is 2.69. The third-order valence-corrected chi connectivity index (χ3v) is 7.06. The predicted octanol–water partition coefficient (Wildman–Crippen LogP) is 3.78. The second-order valence-corrected chi connectivity index (χ2v) is 9.96. The Labute approximate surface area is 160 Å². The van der Waals surface area contributed by atoms with Crippen molar-refractivity contribution in [3.05, 3.63) is 0 Å². The summed E-state index contributed by atoms with van der Waals surface area (Å²) in [5, 5.41) is 4.26. The predicted molar refractivity (Wildman–Crippen MR) is 107 cm³/mol. The number of thiocarbonyl (C=S) groups is 1. The molecule has 0 unspecified atom stereocenters. The number of hydrogen-bond acceptors (Lipinski definition) is 5. The van der Waals surface area contributed by atoms with E-state index in [0.29, 0.717) is 10.2 Å². The highest BCUT2D eigenvalue weighted by Crippen LogP contribution is 2.60. The van der Waals surface area contributed by atoms with Gasteiger partial charge in [0, 0.05) is 11.6 Å². The van der Waals surface area contributed by atoms with Crippen LogP contribution in [0.3, 0.4) is 0 Å². The lowest BCUT2D eigenvalue weighted by Gasteiger charge is -2.47. The van der Waals surface area contributed by atoms with Gasteiger partial charge in [-0.3, -0.25) is 19.9 Å². The summed E-state index contributed by atoms with van der Waals surface area (Å²) in [4.78, 5) is 27.1. The fourth-order valence-electron chi connectivity index (χ4n) is 3.96. The van der Waals surface area contributed by atoms with Crippen molar-refractivity contribution in [1.29, 1.82) is 0 Å². The van der Waals surface area contributed by atoms with E-state index in [1.165, 1.54) is 16.7 Å². The van der Waals surface area contributed by atoms with Crippen molar-refractivity contribution < 1.29 is 9.59 Å². The number of imide groups is 1. The number of thioether (sulfide) groups is 1. The van der Waals surface area contributed by atoms with E-state index < -0.39 is 5.41 Å². The quantitative estimate of drug-likeness (QED) is 0.339. The number of nitrogens with one attached hydrogen (secondary N) is 1. The van der Waals surface area contributed by atoms with Gasteiger partial charge in [-0.05, 0) is 37.5 Å². The number of carbonyl (C=O) groups excluding carboxylic acids is 2. The lowest BCUT2D eigenvalue weighted by molar-refractivity contribution is -0.166. The highest BCUT2D eigenvalue weighted by molar-refractivity contribution is 8.22. The Hall–Kier alpha value is -0.950. The molecule has 2 aliphatic rings. The number of rotatable bonds is 5. The van der Waals surface area contributed by atoms with Gasteiger partial charge in [-0.1, -0.05) is 58.6 Å². The Morgan fingerprint density at radius 2 is 2.04 bits per heavy atom. The first-order chi connectivity index (χ1) is 11.5. The molecule has 0 aromatic rings. The molecule has 140 valence electrons. The Kier molecular flexibility index (Phi) is 5.99. The second kappa shape index (κ2) is 7.35. The highest BCUT2D eigenvalue weighted by Gasteiger charge is 2.64. The van der Waals surface area contributed by atoms with Gasteiger partial charge >= 0.3 is 0 Å². The molecular weight excluding hydrogens is 354 g/mol. The van der Waals surface area contributed by atoms with Crippen LogP contribution in [0.5, 0.6) is 0 Å². The Morgan fingerprint density at radius 3 is 2.64 bits per heavy atom. The summed E-state index contributed by atoms with van der Waals surface area (Å²) in [7, 11) is 0. The Balaban J connectivity index is 1.97. The minimum Gasteiger partial charge on any atom is -0.274 e. The van der Waals surface area contributed by atoms with Crippen LogP contribution in [0.4, 0.5) is 0 Å². The van der Waals surface area contributed by atoms with E-state index >= 15 is 0 Å². The zero-order valence-electron chi connectivity index (χ0n) is 16.0. The number of fused-ring (bicyclic) bond motifs is 2. The maximum atomic E-state index is 12.9. The van der Waals surface area contributed by atoms with Crippen LogP contribution in [-0.4, -0.2) is 32.6 Å². The highest BCUT2D eigenvalue weighted by atomic mass is 32.2. The van der Waals surface area contributed by atoms with Crippen LogP contribution in [0, 0.1) is 22.7 Å². The van der Waals surface area contributed by atoms with E-state index in [4.69, 9.17) is 12.2 Å². The van der Waals surface area contributed by atoms with Crippen molar-refractivity contribution in [1.82, 2.24) is 10.3 Å². The molecule has 1 heterocycles. The summed E-state index contributed by atoms with van der Waals surface area (Å²) in [6.45, 7) is 12.3. The molecule has 0 aromatic carbocycles. The summed E-state index contributed by atoms with van der Waals surface area (Å²) in [6, 6.07) is 0. The zero-order valence-corrected chi connectivity index (χ0v) is 17.6. The molecule has 5 nitrogen and oxygen atoms in total. The van der Waals surface area contributed by atoms with Crippen LogP contribution in [0.15, 0.2) is 5.10 Å². The molecule has 0 spiro atoms. The molecule has 2 rings (SSSR count). The molecule has 1 aliphatic heterocycles. The minimum absolute atomic E-state index is 0.0558. The average molecular weight is 384 g/mol. The van der Waals surface area contributed by atoms with Gasteiger partial charge in [0.15, 0.2) is 4.32 Å². The molecule has 1 aliphatic carbocycles. The molecule has 0 radical (unpaired) electrons. The van der Waals surface area contributed by atoms with Crippen LogP contribution in [0.2, 0.25) is 0 Å². The molecule has 1 saturated heterocycles. The smallest absolute Gasteiger partial charge is 0.236 e. The summed E-state index contributed by atoms with van der Waals surface area (Å²) >= 11 is 6.55. The number of hydrogen-bond donors (Lipinski definition) is 1. The first kappa shape index (κ1) is 20.4. The molecule has 25 heavy (non-hydrogen) atoms. The molecule has 0 aromatic heterocycles. The van der Waals surface area contributed by atoms with Crippen LogP contribution in [-0.2, 0) is 9.59 Å². The number of likely N-dealkylation sites (tertiary alicyclic amines) is 1. The van der Waals surface area contributed by atoms with E-state index in [1.54, 1.807) is 0 Å². The van der Waals surface area contributed by atoms with Gasteiger partial charge in [-0.25, -0.2) is 0 Å². The third-order valence-electron chi connectivity index (χ3n) is 5.87. The van der Waals surface area contributed by atoms with Gasteiger partial charge in [0.1, 0.15) is 0 Å². The van der Waals surface area contributed by atoms with Crippen LogP contribution in [0.1, 0.15) is 60.8 Å². The first-order valence-electron chi connectivity index (χ1n) is 8.82. The molecule has 2 atom stereocenters. The van der Waals surface area contributed by atoms with E-state index in [-0.39, 0.29) is 29.0 Å². The maximum absolute atomic E-state index is 12.9. The van der Waals surface area contributed by atoms with Crippen molar-refractivity contribution >= 4 is 45.8 Å². The van der Waals surface area contributed by atoms with Gasteiger partial charge in [0.25, 0.3) is 0 Å². The number of hydrazone groups is 1. The van der Waals surface area contributed by atoms with Gasteiger partial charge in [0.2, 0.25) is 11.8 Å². The summed E-state index contributed by atoms with van der Waals surface area (Å²) < 4.78 is 0.478. The van der Waals surface area contributed by atoms with Gasteiger partial charge < -0.3 is 0 Å². The van der Waals surface area contributed by atoms with Crippen LogP contribution in [0.25, 0.3) is 0 Å².